The Morgan fingerprint density at radius 3 is 2.69 bits per heavy atom. The van der Waals surface area contributed by atoms with Crippen molar-refractivity contribution in [1.29, 1.82) is 0 Å². The molecule has 0 aliphatic carbocycles. The minimum Gasteiger partial charge on any atom is -0.501 e. The van der Waals surface area contributed by atoms with Gasteiger partial charge in [-0.2, -0.15) is 0 Å². The maximum Gasteiger partial charge on any atom is 0.338 e. The van der Waals surface area contributed by atoms with Crippen molar-refractivity contribution in [2.75, 3.05) is 6.61 Å². The molecule has 1 aromatic heterocycles. The van der Waals surface area contributed by atoms with Gasteiger partial charge in [-0.15, -0.1) is 0 Å². The van der Waals surface area contributed by atoms with Gasteiger partial charge in [0.2, 0.25) is 5.75 Å². The minimum absolute atomic E-state index is 0.0929. The lowest BCUT2D eigenvalue weighted by Gasteiger charge is -2.24. The molecule has 4 rings (SSSR count). The predicted octanol–water partition coefficient (Wildman–Crippen LogP) is 3.31. The summed E-state index contributed by atoms with van der Waals surface area (Å²) < 4.78 is 20.4. The second kappa shape index (κ2) is 9.55. The number of thiazole rings is 1. The van der Waals surface area contributed by atoms with Gasteiger partial charge in [-0.25, -0.2) is 14.2 Å². The zero-order chi connectivity index (χ0) is 25.4. The van der Waals surface area contributed by atoms with Crippen LogP contribution in [0.25, 0.3) is 6.08 Å². The first kappa shape index (κ1) is 24.5. The molecule has 1 atom stereocenters. The fourth-order valence-corrected chi connectivity index (χ4v) is 5.24. The molecule has 2 heterocycles. The Labute approximate surface area is 209 Å². The molecule has 35 heavy (non-hydrogen) atoms. The van der Waals surface area contributed by atoms with Crippen molar-refractivity contribution < 1.29 is 24.0 Å². The quantitative estimate of drug-likeness (QED) is 0.289. The van der Waals surface area contributed by atoms with Gasteiger partial charge in [-0.05, 0) is 65.2 Å². The molecule has 3 aromatic rings. The van der Waals surface area contributed by atoms with Crippen molar-refractivity contribution in [3.05, 3.63) is 98.9 Å². The molecule has 0 spiro atoms. The number of halogens is 2. The van der Waals surface area contributed by atoms with Gasteiger partial charge in [0.05, 0.1) is 37.8 Å². The molecule has 1 aliphatic rings. The molecule has 0 fully saturated rings. The number of allylic oxidation sites excluding steroid dienone is 1. The van der Waals surface area contributed by atoms with Gasteiger partial charge in [0.15, 0.2) is 4.80 Å². The van der Waals surface area contributed by atoms with Crippen molar-refractivity contribution in [3.8, 4) is 5.75 Å². The van der Waals surface area contributed by atoms with E-state index in [1.54, 1.807) is 13.8 Å². The number of phenols is 1. The normalized spacial score (nSPS) is 15.5. The second-order valence-electron chi connectivity index (χ2n) is 7.48. The molecule has 0 radical (unpaired) electrons. The van der Waals surface area contributed by atoms with Crippen molar-refractivity contribution in [2.45, 2.75) is 19.9 Å². The molecule has 1 unspecified atom stereocenters. The summed E-state index contributed by atoms with van der Waals surface area (Å²) in [6, 6.07) is 7.10. The van der Waals surface area contributed by atoms with Crippen LogP contribution in [-0.2, 0) is 9.53 Å². The number of rotatable bonds is 5. The third-order valence-electron chi connectivity index (χ3n) is 5.26. The molecule has 1 aliphatic heterocycles. The number of carbonyl (C=O) groups is 1. The summed E-state index contributed by atoms with van der Waals surface area (Å²) in [5, 5.41) is 21.2. The summed E-state index contributed by atoms with van der Waals surface area (Å²) in [6.07, 6.45) is 1.44. The van der Waals surface area contributed by atoms with Gasteiger partial charge < -0.3 is 9.84 Å². The number of hydrogen-bond donors (Lipinski definition) is 1. The largest absolute Gasteiger partial charge is 0.501 e. The lowest BCUT2D eigenvalue weighted by atomic mass is 9.96. The van der Waals surface area contributed by atoms with Crippen molar-refractivity contribution >= 4 is 45.0 Å². The van der Waals surface area contributed by atoms with E-state index in [1.807, 2.05) is 0 Å². The fourth-order valence-electron chi connectivity index (χ4n) is 3.73. The van der Waals surface area contributed by atoms with E-state index >= 15 is 0 Å². The molecule has 0 saturated heterocycles. The minimum atomic E-state index is -0.908. The first-order valence-corrected chi connectivity index (χ1v) is 11.8. The van der Waals surface area contributed by atoms with E-state index in [1.165, 1.54) is 41.0 Å². The fraction of sp³-hybridized carbons (Fsp3) is 0.174. The van der Waals surface area contributed by atoms with E-state index in [2.05, 4.69) is 20.9 Å². The van der Waals surface area contributed by atoms with Crippen molar-refractivity contribution in [3.63, 3.8) is 0 Å². The Balaban J connectivity index is 1.96. The molecule has 9 nitrogen and oxygen atoms in total. The molecule has 1 N–H and O–H groups in total. The summed E-state index contributed by atoms with van der Waals surface area (Å²) >= 11 is 4.12. The van der Waals surface area contributed by atoms with Crippen LogP contribution in [-0.4, -0.2) is 27.2 Å². The van der Waals surface area contributed by atoms with Gasteiger partial charge in [0.25, 0.3) is 5.56 Å². The van der Waals surface area contributed by atoms with E-state index in [9.17, 15) is 29.2 Å². The topological polar surface area (TPSA) is 124 Å². The maximum absolute atomic E-state index is 13.6. The molecule has 0 bridgehead atoms. The Kier molecular flexibility index (Phi) is 6.68. The standard InChI is InChI=1S/C23H17BrFN3O6S/c1-3-34-22(31)18-11(2)26-23-27(19(18)13-4-6-14(25)7-5-13)21(30)17(35-23)10-12-8-15(24)20(29)16(9-12)28(32)33/h4-10,19,29H,3H2,1-2H3/b17-10-. The monoisotopic (exact) mass is 561 g/mol. The van der Waals surface area contributed by atoms with Gasteiger partial charge in [-0.3, -0.25) is 19.5 Å². The number of ether oxygens (including phenoxy) is 1. The predicted molar refractivity (Wildman–Crippen MR) is 129 cm³/mol. The maximum atomic E-state index is 13.6. The Hall–Kier alpha value is -3.64. The number of esters is 1. The molecule has 180 valence electrons. The van der Waals surface area contributed by atoms with Gasteiger partial charge in [0, 0.05) is 6.07 Å². The van der Waals surface area contributed by atoms with Crippen LogP contribution in [0, 0.1) is 15.9 Å². The summed E-state index contributed by atoms with van der Waals surface area (Å²) in [4.78, 5) is 41.6. The highest BCUT2D eigenvalue weighted by atomic mass is 79.9. The average Bonchev–Trinajstić information content (AvgIpc) is 3.10. The highest BCUT2D eigenvalue weighted by Gasteiger charge is 2.33. The van der Waals surface area contributed by atoms with E-state index in [-0.39, 0.29) is 21.2 Å². The van der Waals surface area contributed by atoms with Crippen LogP contribution in [0.4, 0.5) is 10.1 Å². The van der Waals surface area contributed by atoms with Crippen LogP contribution in [0.15, 0.2) is 61.9 Å². The van der Waals surface area contributed by atoms with E-state index in [0.29, 0.717) is 21.6 Å². The van der Waals surface area contributed by atoms with Crippen LogP contribution in [0.3, 0.4) is 0 Å². The van der Waals surface area contributed by atoms with E-state index < -0.39 is 39.7 Å². The molecule has 0 saturated carbocycles. The van der Waals surface area contributed by atoms with Crippen LogP contribution in [0.1, 0.15) is 31.0 Å². The SMILES string of the molecule is CCOC(=O)C1=C(C)N=c2s/c(=C\c3cc(Br)c(O)c([N+](=O)[O-])c3)c(=O)n2C1c1ccc(F)cc1. The number of aromatic hydroxyl groups is 1. The average molecular weight is 562 g/mol. The Morgan fingerprint density at radius 2 is 2.06 bits per heavy atom. The van der Waals surface area contributed by atoms with Gasteiger partial charge in [-0.1, -0.05) is 23.5 Å². The van der Waals surface area contributed by atoms with Crippen LogP contribution in [0.5, 0.6) is 5.75 Å². The highest BCUT2D eigenvalue weighted by molar-refractivity contribution is 9.10. The molecular weight excluding hydrogens is 545 g/mol. The number of aromatic nitrogens is 1. The third-order valence-corrected chi connectivity index (χ3v) is 6.85. The molecule has 2 aromatic carbocycles. The van der Waals surface area contributed by atoms with Crippen LogP contribution in [0.2, 0.25) is 0 Å². The summed E-state index contributed by atoms with van der Waals surface area (Å²) in [7, 11) is 0. The summed E-state index contributed by atoms with van der Waals surface area (Å²) in [5.74, 6) is -1.64. The van der Waals surface area contributed by atoms with Crippen molar-refractivity contribution in [1.82, 2.24) is 4.57 Å². The zero-order valence-corrected chi connectivity index (χ0v) is 20.7. The molecule has 0 amide bonds. The number of fused-ring (bicyclic) bond motifs is 1. The second-order valence-corrected chi connectivity index (χ2v) is 9.34. The van der Waals surface area contributed by atoms with Crippen LogP contribution < -0.4 is 14.9 Å². The molecular formula is C23H17BrFN3O6S. The summed E-state index contributed by atoms with van der Waals surface area (Å²) in [5.41, 5.74) is 0.270. The first-order valence-electron chi connectivity index (χ1n) is 10.2. The van der Waals surface area contributed by atoms with E-state index in [0.717, 1.165) is 17.4 Å². The number of nitrogens with zero attached hydrogens (tertiary/aromatic N) is 3. The van der Waals surface area contributed by atoms with Crippen LogP contribution >= 0.6 is 27.3 Å². The van der Waals surface area contributed by atoms with Gasteiger partial charge in [0.1, 0.15) is 5.82 Å². The molecule has 12 heteroatoms. The Bertz CT molecular complexity index is 1580. The third kappa shape index (κ3) is 4.54. The number of benzene rings is 2. The number of nitro benzene ring substituents is 1. The number of hydrogen-bond acceptors (Lipinski definition) is 8. The van der Waals surface area contributed by atoms with Gasteiger partial charge >= 0.3 is 11.7 Å². The van der Waals surface area contributed by atoms with Crippen molar-refractivity contribution in [2.24, 2.45) is 4.99 Å². The lowest BCUT2D eigenvalue weighted by Crippen LogP contribution is -2.39. The Morgan fingerprint density at radius 1 is 1.37 bits per heavy atom. The first-order chi connectivity index (χ1) is 16.6. The van der Waals surface area contributed by atoms with E-state index in [4.69, 9.17) is 4.74 Å². The number of nitro groups is 1. The zero-order valence-electron chi connectivity index (χ0n) is 18.3. The number of phenolic OH excluding ortho intramolecular Hbond substituents is 1. The number of carbonyl (C=O) groups excluding carboxylic acids is 1. The summed E-state index contributed by atoms with van der Waals surface area (Å²) in [6.45, 7) is 3.40. The smallest absolute Gasteiger partial charge is 0.338 e. The highest BCUT2D eigenvalue weighted by Crippen LogP contribution is 2.35. The lowest BCUT2D eigenvalue weighted by molar-refractivity contribution is -0.386.